The van der Waals surface area contributed by atoms with Crippen LogP contribution in [0.2, 0.25) is 0 Å². The highest BCUT2D eigenvalue weighted by atomic mass is 16.2. The van der Waals surface area contributed by atoms with Gasteiger partial charge in [0.25, 0.3) is 0 Å². The summed E-state index contributed by atoms with van der Waals surface area (Å²) in [5.74, 6) is -0.0455. The number of benzene rings is 1. The van der Waals surface area contributed by atoms with E-state index in [0.29, 0.717) is 13.0 Å². The van der Waals surface area contributed by atoms with Gasteiger partial charge in [-0.25, -0.2) is 4.68 Å². The number of hydrogen-bond donors (Lipinski definition) is 2. The molecule has 0 bridgehead atoms. The predicted molar refractivity (Wildman–Crippen MR) is 87.5 cm³/mol. The highest BCUT2D eigenvalue weighted by molar-refractivity contribution is 5.96. The number of hydrogen-bond acceptors (Lipinski definition) is 4. The van der Waals surface area contributed by atoms with Crippen molar-refractivity contribution in [1.29, 1.82) is 0 Å². The third-order valence-electron chi connectivity index (χ3n) is 4.21. The molecule has 23 heavy (non-hydrogen) atoms. The number of ketones is 1. The van der Waals surface area contributed by atoms with Crippen LogP contribution in [0, 0.1) is 12.8 Å². The van der Waals surface area contributed by atoms with Gasteiger partial charge in [0.2, 0.25) is 5.91 Å². The second-order valence-corrected chi connectivity index (χ2v) is 5.93. The van der Waals surface area contributed by atoms with Gasteiger partial charge in [-0.1, -0.05) is 6.07 Å². The van der Waals surface area contributed by atoms with Gasteiger partial charge >= 0.3 is 0 Å². The molecule has 0 saturated carbocycles. The fourth-order valence-electron chi connectivity index (χ4n) is 2.83. The number of carbonyl (C=O) groups excluding carboxylic acids is 2. The maximum Gasteiger partial charge on any atom is 0.241 e. The lowest BCUT2D eigenvalue weighted by Crippen LogP contribution is -2.35. The number of amides is 1. The summed E-state index contributed by atoms with van der Waals surface area (Å²) in [6.45, 7) is 4.12. The average molecular weight is 312 g/mol. The van der Waals surface area contributed by atoms with Gasteiger partial charge in [-0.05, 0) is 44.5 Å². The van der Waals surface area contributed by atoms with E-state index in [-0.39, 0.29) is 23.7 Å². The molecule has 0 spiro atoms. The van der Waals surface area contributed by atoms with E-state index >= 15 is 0 Å². The largest absolute Gasteiger partial charge is 0.325 e. The van der Waals surface area contributed by atoms with Crippen LogP contribution < -0.4 is 10.6 Å². The summed E-state index contributed by atoms with van der Waals surface area (Å²) in [4.78, 5) is 23.7. The Kier molecular flexibility index (Phi) is 4.25. The molecular formula is C17H20N4O2. The minimum absolute atomic E-state index is 0.0659. The first-order valence-electron chi connectivity index (χ1n) is 7.70. The lowest BCUT2D eigenvalue weighted by molar-refractivity contribution is -0.120. The Bertz CT molecular complexity index is 738. The first kappa shape index (κ1) is 15.4. The summed E-state index contributed by atoms with van der Waals surface area (Å²) < 4.78 is 1.81. The van der Waals surface area contributed by atoms with Gasteiger partial charge < -0.3 is 10.6 Å². The first-order valence-corrected chi connectivity index (χ1v) is 7.70. The van der Waals surface area contributed by atoms with Crippen LogP contribution in [0.3, 0.4) is 0 Å². The average Bonchev–Trinajstić information content (AvgIpc) is 3.16. The molecule has 1 aromatic heterocycles. The van der Waals surface area contributed by atoms with Crippen LogP contribution in [0.1, 0.15) is 19.0 Å². The van der Waals surface area contributed by atoms with Crippen LogP contribution in [0.15, 0.2) is 36.5 Å². The summed E-state index contributed by atoms with van der Waals surface area (Å²) >= 11 is 0. The molecular weight excluding hydrogens is 292 g/mol. The Morgan fingerprint density at radius 2 is 2.17 bits per heavy atom. The molecule has 0 aliphatic carbocycles. The first-order chi connectivity index (χ1) is 11.0. The Morgan fingerprint density at radius 1 is 1.35 bits per heavy atom. The van der Waals surface area contributed by atoms with E-state index in [2.05, 4.69) is 15.7 Å². The number of nitrogens with one attached hydrogen (secondary N) is 2. The molecule has 6 nitrogen and oxygen atoms in total. The number of aromatic nitrogens is 2. The highest BCUT2D eigenvalue weighted by Gasteiger charge is 2.31. The molecule has 1 amide bonds. The maximum atomic E-state index is 12.3. The fraction of sp³-hybridized carbons (Fsp3) is 0.353. The van der Waals surface area contributed by atoms with Crippen molar-refractivity contribution in [2.45, 2.75) is 26.3 Å². The molecule has 0 radical (unpaired) electrons. The van der Waals surface area contributed by atoms with Gasteiger partial charge in [-0.3, -0.25) is 9.59 Å². The molecule has 1 fully saturated rings. The van der Waals surface area contributed by atoms with Gasteiger partial charge in [-0.2, -0.15) is 5.10 Å². The van der Waals surface area contributed by atoms with Crippen LogP contribution in [0.5, 0.6) is 0 Å². The van der Waals surface area contributed by atoms with E-state index in [4.69, 9.17) is 0 Å². The molecule has 2 unspecified atom stereocenters. The number of aryl methyl sites for hydroxylation is 1. The van der Waals surface area contributed by atoms with Crippen molar-refractivity contribution in [3.8, 4) is 5.69 Å². The molecule has 2 N–H and O–H groups in total. The zero-order chi connectivity index (χ0) is 16.4. The lowest BCUT2D eigenvalue weighted by Gasteiger charge is -2.12. The van der Waals surface area contributed by atoms with Gasteiger partial charge in [-0.15, -0.1) is 0 Å². The topological polar surface area (TPSA) is 76.0 Å². The van der Waals surface area contributed by atoms with E-state index in [1.165, 1.54) is 0 Å². The normalized spacial score (nSPS) is 20.4. The zero-order valence-corrected chi connectivity index (χ0v) is 13.2. The minimum atomic E-state index is -0.320. The number of anilines is 1. The molecule has 2 aromatic rings. The summed E-state index contributed by atoms with van der Waals surface area (Å²) in [7, 11) is 0. The van der Waals surface area contributed by atoms with Crippen LogP contribution >= 0.6 is 0 Å². The van der Waals surface area contributed by atoms with Crippen molar-refractivity contribution in [1.82, 2.24) is 15.1 Å². The highest BCUT2D eigenvalue weighted by Crippen LogP contribution is 2.19. The summed E-state index contributed by atoms with van der Waals surface area (Å²) in [6, 6.07) is 9.16. The van der Waals surface area contributed by atoms with Crippen molar-refractivity contribution >= 4 is 17.4 Å². The molecule has 3 rings (SSSR count). The predicted octanol–water partition coefficient (Wildman–Crippen LogP) is 1.69. The molecule has 2 heterocycles. The lowest BCUT2D eigenvalue weighted by atomic mass is 10.0. The maximum absolute atomic E-state index is 12.3. The number of rotatable bonds is 4. The van der Waals surface area contributed by atoms with E-state index < -0.39 is 0 Å². The van der Waals surface area contributed by atoms with Crippen molar-refractivity contribution in [2.75, 3.05) is 11.9 Å². The Morgan fingerprint density at radius 3 is 2.83 bits per heavy atom. The molecule has 1 aliphatic heterocycles. The minimum Gasteiger partial charge on any atom is -0.325 e. The summed E-state index contributed by atoms with van der Waals surface area (Å²) in [5.41, 5.74) is 2.64. The molecule has 1 aromatic carbocycles. The molecule has 1 aliphatic rings. The summed E-state index contributed by atoms with van der Waals surface area (Å²) in [5, 5.41) is 10.3. The molecule has 1 saturated heterocycles. The number of Topliss-reactive ketones (excluding diaryl/α,β-unsaturated/α-hetero) is 1. The second kappa shape index (κ2) is 6.34. The van der Waals surface area contributed by atoms with Crippen molar-refractivity contribution in [2.24, 2.45) is 5.92 Å². The third kappa shape index (κ3) is 3.32. The zero-order valence-electron chi connectivity index (χ0n) is 13.2. The smallest absolute Gasteiger partial charge is 0.241 e. The number of nitrogens with zero attached hydrogens (tertiary/aromatic N) is 2. The van der Waals surface area contributed by atoms with Crippen LogP contribution in [-0.4, -0.2) is 34.1 Å². The van der Waals surface area contributed by atoms with E-state index in [1.807, 2.05) is 41.9 Å². The second-order valence-electron chi connectivity index (χ2n) is 5.93. The van der Waals surface area contributed by atoms with Crippen LogP contribution in [-0.2, 0) is 9.59 Å². The van der Waals surface area contributed by atoms with Crippen molar-refractivity contribution in [3.63, 3.8) is 0 Å². The Balaban J connectivity index is 1.70. The number of carbonyl (C=O) groups is 2. The van der Waals surface area contributed by atoms with Gasteiger partial charge in [0.1, 0.15) is 5.78 Å². The summed E-state index contributed by atoms with van der Waals surface area (Å²) in [6.07, 6.45) is 2.30. The molecule has 120 valence electrons. The van der Waals surface area contributed by atoms with Gasteiger partial charge in [0.05, 0.1) is 11.7 Å². The van der Waals surface area contributed by atoms with E-state index in [0.717, 1.165) is 17.1 Å². The van der Waals surface area contributed by atoms with Crippen LogP contribution in [0.25, 0.3) is 5.69 Å². The quantitative estimate of drug-likeness (QED) is 0.901. The Labute approximate surface area is 134 Å². The monoisotopic (exact) mass is 312 g/mol. The SMILES string of the molecule is CC(=O)C1CNC(C(=O)Nc2cccc(-n3nccc3C)c2)C1. The van der Waals surface area contributed by atoms with E-state index in [9.17, 15) is 9.59 Å². The fourth-order valence-corrected chi connectivity index (χ4v) is 2.83. The van der Waals surface area contributed by atoms with Crippen molar-refractivity contribution in [3.05, 3.63) is 42.2 Å². The van der Waals surface area contributed by atoms with Crippen molar-refractivity contribution < 1.29 is 9.59 Å². The van der Waals surface area contributed by atoms with E-state index in [1.54, 1.807) is 13.1 Å². The Hall–Kier alpha value is -2.47. The third-order valence-corrected chi connectivity index (χ3v) is 4.21. The van der Waals surface area contributed by atoms with Gasteiger partial charge in [0.15, 0.2) is 0 Å². The standard InChI is InChI=1S/C17H20N4O2/c1-11-6-7-19-21(11)15-5-3-4-14(9-15)20-17(23)16-8-13(10-18-16)12(2)22/h3-7,9,13,16,18H,8,10H2,1-2H3,(H,20,23). The van der Waals surface area contributed by atoms with Crippen LogP contribution in [0.4, 0.5) is 5.69 Å². The molecule has 2 atom stereocenters. The van der Waals surface area contributed by atoms with Gasteiger partial charge in [0, 0.05) is 30.0 Å². The molecule has 6 heteroatoms.